The summed E-state index contributed by atoms with van der Waals surface area (Å²) in [6, 6.07) is 3.77. The van der Waals surface area contributed by atoms with E-state index in [0.29, 0.717) is 13.1 Å². The van der Waals surface area contributed by atoms with Crippen molar-refractivity contribution >= 4 is 29.0 Å². The lowest BCUT2D eigenvalue weighted by atomic mass is 10.2. The van der Waals surface area contributed by atoms with E-state index in [1.807, 2.05) is 39.8 Å². The van der Waals surface area contributed by atoms with Crippen molar-refractivity contribution in [2.24, 2.45) is 0 Å². The molecule has 1 aromatic rings. The van der Waals surface area contributed by atoms with Gasteiger partial charge >= 0.3 is 6.09 Å². The van der Waals surface area contributed by atoms with E-state index in [9.17, 15) is 4.79 Å². The monoisotopic (exact) mass is 275 g/mol. The molecule has 96 valence electrons. The molecule has 0 radical (unpaired) electrons. The van der Waals surface area contributed by atoms with Crippen LogP contribution >= 0.6 is 22.9 Å². The molecule has 0 unspecified atom stereocenters. The second kappa shape index (κ2) is 5.74. The van der Waals surface area contributed by atoms with Gasteiger partial charge in [-0.25, -0.2) is 4.79 Å². The molecule has 0 aliphatic rings. The fourth-order valence-electron chi connectivity index (χ4n) is 1.26. The van der Waals surface area contributed by atoms with Crippen LogP contribution in [0.5, 0.6) is 0 Å². The highest BCUT2D eigenvalue weighted by molar-refractivity contribution is 7.16. The number of rotatable bonds is 3. The lowest BCUT2D eigenvalue weighted by Crippen LogP contribution is -2.36. The number of nitrogens with zero attached hydrogens (tertiary/aromatic N) is 1. The maximum Gasteiger partial charge on any atom is 0.410 e. The quantitative estimate of drug-likeness (QED) is 0.829. The van der Waals surface area contributed by atoms with E-state index in [2.05, 4.69) is 0 Å². The highest BCUT2D eigenvalue weighted by Gasteiger charge is 2.21. The summed E-state index contributed by atoms with van der Waals surface area (Å²) in [5, 5.41) is 0. The van der Waals surface area contributed by atoms with Crippen molar-refractivity contribution in [1.29, 1.82) is 0 Å². The van der Waals surface area contributed by atoms with Gasteiger partial charge in [0, 0.05) is 11.4 Å². The van der Waals surface area contributed by atoms with Gasteiger partial charge in [-0.3, -0.25) is 0 Å². The second-order valence-electron chi connectivity index (χ2n) is 4.70. The number of hydrogen-bond donors (Lipinski definition) is 0. The lowest BCUT2D eigenvalue weighted by Gasteiger charge is -2.26. The Bertz CT molecular complexity index is 384. The molecule has 0 fully saturated rings. The molecule has 5 heteroatoms. The fourth-order valence-corrected chi connectivity index (χ4v) is 2.36. The molecule has 0 saturated carbocycles. The smallest absolute Gasteiger partial charge is 0.410 e. The number of thiophene rings is 1. The zero-order chi connectivity index (χ0) is 13.1. The first kappa shape index (κ1) is 14.3. The highest BCUT2D eigenvalue weighted by Crippen LogP contribution is 2.23. The first-order valence-corrected chi connectivity index (χ1v) is 6.73. The van der Waals surface area contributed by atoms with Crippen LogP contribution in [-0.2, 0) is 11.3 Å². The molecular weight excluding hydrogens is 258 g/mol. The molecule has 0 spiro atoms. The highest BCUT2D eigenvalue weighted by atomic mass is 35.5. The van der Waals surface area contributed by atoms with E-state index in [0.717, 1.165) is 9.21 Å². The maximum atomic E-state index is 11.9. The number of halogens is 1. The molecular formula is C12H18ClNO2S. The molecule has 0 aliphatic carbocycles. The van der Waals surface area contributed by atoms with E-state index in [1.54, 1.807) is 4.90 Å². The summed E-state index contributed by atoms with van der Waals surface area (Å²) in [4.78, 5) is 14.6. The van der Waals surface area contributed by atoms with Crippen molar-refractivity contribution in [3.05, 3.63) is 21.3 Å². The average molecular weight is 276 g/mol. The summed E-state index contributed by atoms with van der Waals surface area (Å²) < 4.78 is 6.06. The van der Waals surface area contributed by atoms with Gasteiger partial charge in [-0.1, -0.05) is 11.6 Å². The number of ether oxygens (including phenoxy) is 1. The molecule has 1 heterocycles. The van der Waals surface area contributed by atoms with Gasteiger partial charge in [-0.2, -0.15) is 0 Å². The van der Waals surface area contributed by atoms with Gasteiger partial charge in [-0.15, -0.1) is 11.3 Å². The molecule has 0 N–H and O–H groups in total. The summed E-state index contributed by atoms with van der Waals surface area (Å²) in [6.07, 6.45) is -0.287. The predicted octanol–water partition coefficient (Wildman–Crippen LogP) is 4.16. The maximum absolute atomic E-state index is 11.9. The number of carbonyl (C=O) groups is 1. The molecule has 3 nitrogen and oxygen atoms in total. The third-order valence-electron chi connectivity index (χ3n) is 2.01. The first-order chi connectivity index (χ1) is 7.81. The van der Waals surface area contributed by atoms with Gasteiger partial charge in [0.2, 0.25) is 0 Å². The third kappa shape index (κ3) is 4.96. The largest absolute Gasteiger partial charge is 0.444 e. The molecule has 1 rings (SSSR count). The van der Waals surface area contributed by atoms with E-state index < -0.39 is 5.60 Å². The van der Waals surface area contributed by atoms with Crippen LogP contribution in [0.4, 0.5) is 4.79 Å². The van der Waals surface area contributed by atoms with Gasteiger partial charge in [-0.05, 0) is 39.8 Å². The van der Waals surface area contributed by atoms with Crippen LogP contribution in [0.1, 0.15) is 32.6 Å². The SMILES string of the molecule is CCN(Cc1ccc(Cl)s1)C(=O)OC(C)(C)C. The molecule has 0 atom stereocenters. The number of carbonyl (C=O) groups excluding carboxylic acids is 1. The Hall–Kier alpha value is -0.740. The fraction of sp³-hybridized carbons (Fsp3) is 0.583. The summed E-state index contributed by atoms with van der Waals surface area (Å²) in [6.45, 7) is 8.68. The minimum Gasteiger partial charge on any atom is -0.444 e. The van der Waals surface area contributed by atoms with Crippen molar-refractivity contribution in [3.8, 4) is 0 Å². The molecule has 0 saturated heterocycles. The van der Waals surface area contributed by atoms with Crippen LogP contribution < -0.4 is 0 Å². The van der Waals surface area contributed by atoms with Crippen LogP contribution in [0, 0.1) is 0 Å². The van der Waals surface area contributed by atoms with E-state index in [4.69, 9.17) is 16.3 Å². The topological polar surface area (TPSA) is 29.5 Å². The minimum absolute atomic E-state index is 0.287. The zero-order valence-electron chi connectivity index (χ0n) is 10.6. The van der Waals surface area contributed by atoms with Crippen molar-refractivity contribution in [3.63, 3.8) is 0 Å². The Morgan fingerprint density at radius 2 is 2.12 bits per heavy atom. The second-order valence-corrected chi connectivity index (χ2v) is 6.50. The Balaban J connectivity index is 2.62. The van der Waals surface area contributed by atoms with E-state index in [-0.39, 0.29) is 6.09 Å². The Morgan fingerprint density at radius 1 is 1.47 bits per heavy atom. The van der Waals surface area contributed by atoms with Gasteiger partial charge in [0.15, 0.2) is 0 Å². The predicted molar refractivity (Wildman–Crippen MR) is 71.6 cm³/mol. The summed E-state index contributed by atoms with van der Waals surface area (Å²) in [5.74, 6) is 0. The molecule has 1 aromatic heterocycles. The lowest BCUT2D eigenvalue weighted by molar-refractivity contribution is 0.0246. The molecule has 0 aromatic carbocycles. The standard InChI is InChI=1S/C12H18ClNO2S/c1-5-14(11(15)16-12(2,3)4)8-9-6-7-10(13)17-9/h6-7H,5,8H2,1-4H3. The summed E-state index contributed by atoms with van der Waals surface area (Å²) in [5.41, 5.74) is -0.461. The van der Waals surface area contributed by atoms with Crippen molar-refractivity contribution in [2.75, 3.05) is 6.54 Å². The minimum atomic E-state index is -0.461. The van der Waals surface area contributed by atoms with Crippen LogP contribution in [0.15, 0.2) is 12.1 Å². The average Bonchev–Trinajstić information content (AvgIpc) is 2.57. The van der Waals surface area contributed by atoms with E-state index in [1.165, 1.54) is 11.3 Å². The Morgan fingerprint density at radius 3 is 2.53 bits per heavy atom. The van der Waals surface area contributed by atoms with Crippen molar-refractivity contribution in [1.82, 2.24) is 4.90 Å². The normalized spacial score (nSPS) is 11.4. The van der Waals surface area contributed by atoms with Gasteiger partial charge in [0.05, 0.1) is 10.9 Å². The van der Waals surface area contributed by atoms with Gasteiger partial charge in [0.25, 0.3) is 0 Å². The van der Waals surface area contributed by atoms with Gasteiger partial charge < -0.3 is 9.64 Å². The molecule has 0 bridgehead atoms. The third-order valence-corrected chi connectivity index (χ3v) is 3.22. The van der Waals surface area contributed by atoms with Crippen LogP contribution in [0.25, 0.3) is 0 Å². The first-order valence-electron chi connectivity index (χ1n) is 5.54. The van der Waals surface area contributed by atoms with Crippen LogP contribution in [-0.4, -0.2) is 23.1 Å². The Labute approximate surface area is 111 Å². The summed E-state index contributed by atoms with van der Waals surface area (Å²) >= 11 is 7.34. The number of amides is 1. The van der Waals surface area contributed by atoms with Gasteiger partial charge in [0.1, 0.15) is 5.60 Å². The zero-order valence-corrected chi connectivity index (χ0v) is 12.2. The number of hydrogen-bond acceptors (Lipinski definition) is 3. The van der Waals surface area contributed by atoms with Crippen LogP contribution in [0.3, 0.4) is 0 Å². The van der Waals surface area contributed by atoms with Crippen LogP contribution in [0.2, 0.25) is 4.34 Å². The molecule has 17 heavy (non-hydrogen) atoms. The Kier molecular flexibility index (Phi) is 4.83. The molecule has 0 aliphatic heterocycles. The van der Waals surface area contributed by atoms with Crippen molar-refractivity contribution in [2.45, 2.75) is 39.8 Å². The summed E-state index contributed by atoms with van der Waals surface area (Å²) in [7, 11) is 0. The van der Waals surface area contributed by atoms with Crippen molar-refractivity contribution < 1.29 is 9.53 Å². The van der Waals surface area contributed by atoms with E-state index >= 15 is 0 Å². The molecule has 1 amide bonds.